The quantitative estimate of drug-likeness (QED) is 0.532. The number of nitrogens with zero attached hydrogens (tertiary/aromatic N) is 4. The fourth-order valence-corrected chi connectivity index (χ4v) is 3.86. The lowest BCUT2D eigenvalue weighted by molar-refractivity contribution is 0.870. The van der Waals surface area contributed by atoms with Crippen LogP contribution in [0, 0.1) is 0 Å². The highest BCUT2D eigenvalue weighted by Crippen LogP contribution is 2.34. The van der Waals surface area contributed by atoms with Crippen LogP contribution in [0.4, 0.5) is 0 Å². The average Bonchev–Trinajstić information content (AvgIpc) is 2.65. The van der Waals surface area contributed by atoms with Gasteiger partial charge in [0.1, 0.15) is 11.0 Å². The van der Waals surface area contributed by atoms with Gasteiger partial charge < -0.3 is 0 Å². The van der Waals surface area contributed by atoms with E-state index in [0.29, 0.717) is 0 Å². The summed E-state index contributed by atoms with van der Waals surface area (Å²) >= 11 is 3.09. The highest BCUT2D eigenvalue weighted by atomic mass is 32.2. The summed E-state index contributed by atoms with van der Waals surface area (Å²) in [6, 6.07) is 20.2. The van der Waals surface area contributed by atoms with Crippen molar-refractivity contribution in [3.8, 4) is 0 Å². The van der Waals surface area contributed by atoms with Gasteiger partial charge in [-0.2, -0.15) is 0 Å². The minimum atomic E-state index is 0.765. The summed E-state index contributed by atoms with van der Waals surface area (Å²) in [5, 5.41) is 10.3. The van der Waals surface area contributed by atoms with E-state index in [1.807, 2.05) is 60.7 Å². The topological polar surface area (TPSA) is 51.6 Å². The van der Waals surface area contributed by atoms with Crippen molar-refractivity contribution in [2.45, 2.75) is 19.8 Å². The molecule has 24 heavy (non-hydrogen) atoms. The molecule has 0 N–H and O–H groups in total. The second kappa shape index (κ2) is 6.98. The van der Waals surface area contributed by atoms with Gasteiger partial charge in [0.2, 0.25) is 0 Å². The fourth-order valence-electron chi connectivity index (χ4n) is 2.17. The molecule has 0 atom stereocenters. The first-order valence-corrected chi connectivity index (χ1v) is 8.97. The number of hydrogen-bond acceptors (Lipinski definition) is 6. The van der Waals surface area contributed by atoms with Crippen LogP contribution in [0.15, 0.2) is 92.9 Å². The SMILES string of the molecule is c1ccc(Sc2nnc(Sc3ccccc3)c3nccnc23)cc1. The molecular formula is C18H12N4S2. The summed E-state index contributed by atoms with van der Waals surface area (Å²) in [6.45, 7) is 0. The van der Waals surface area contributed by atoms with Gasteiger partial charge >= 0.3 is 0 Å². The Labute approximate surface area is 147 Å². The molecule has 6 heteroatoms. The average molecular weight is 348 g/mol. The molecule has 2 aromatic heterocycles. The Hall–Kier alpha value is -2.44. The van der Waals surface area contributed by atoms with Crippen molar-refractivity contribution in [1.29, 1.82) is 0 Å². The van der Waals surface area contributed by atoms with Crippen LogP contribution in [-0.4, -0.2) is 20.2 Å². The van der Waals surface area contributed by atoms with Crippen molar-refractivity contribution in [1.82, 2.24) is 20.2 Å². The van der Waals surface area contributed by atoms with Gasteiger partial charge in [0.15, 0.2) is 10.1 Å². The largest absolute Gasteiger partial charge is 0.250 e. The molecular weight excluding hydrogens is 336 g/mol. The van der Waals surface area contributed by atoms with Crippen LogP contribution in [0.2, 0.25) is 0 Å². The molecule has 2 aromatic carbocycles. The Kier molecular flexibility index (Phi) is 4.40. The number of hydrogen-bond donors (Lipinski definition) is 0. The monoisotopic (exact) mass is 348 g/mol. The van der Waals surface area contributed by atoms with E-state index < -0.39 is 0 Å². The standard InChI is InChI=1S/C18H12N4S2/c1-3-7-13(8-4-1)23-17-15-16(20-12-11-19-15)18(22-21-17)24-14-9-5-2-6-10-14/h1-12H. The van der Waals surface area contributed by atoms with E-state index in [1.165, 1.54) is 0 Å². The number of rotatable bonds is 4. The molecule has 4 aromatic rings. The van der Waals surface area contributed by atoms with Gasteiger partial charge in [-0.1, -0.05) is 59.9 Å². The Balaban J connectivity index is 1.74. The predicted molar refractivity (Wildman–Crippen MR) is 96.3 cm³/mol. The van der Waals surface area contributed by atoms with Crippen molar-refractivity contribution in [2.75, 3.05) is 0 Å². The summed E-state index contributed by atoms with van der Waals surface area (Å²) in [6.07, 6.45) is 3.38. The zero-order valence-electron chi connectivity index (χ0n) is 12.5. The maximum absolute atomic E-state index is 4.48. The van der Waals surface area contributed by atoms with Crippen molar-refractivity contribution >= 4 is 34.6 Å². The molecule has 116 valence electrons. The van der Waals surface area contributed by atoms with E-state index in [1.54, 1.807) is 35.9 Å². The van der Waals surface area contributed by atoms with Crippen LogP contribution >= 0.6 is 23.5 Å². The number of fused-ring (bicyclic) bond motifs is 1. The highest BCUT2D eigenvalue weighted by molar-refractivity contribution is 8.00. The molecule has 4 nitrogen and oxygen atoms in total. The lowest BCUT2D eigenvalue weighted by Crippen LogP contribution is -1.96. The van der Waals surface area contributed by atoms with Gasteiger partial charge in [-0.25, -0.2) is 9.97 Å². The minimum Gasteiger partial charge on any atom is -0.250 e. The van der Waals surface area contributed by atoms with E-state index in [4.69, 9.17) is 0 Å². The third-order valence-electron chi connectivity index (χ3n) is 3.25. The number of benzene rings is 2. The molecule has 0 radical (unpaired) electrons. The smallest absolute Gasteiger partial charge is 0.152 e. The second-order valence-corrected chi connectivity index (χ2v) is 7.02. The Morgan fingerprint density at radius 2 is 0.958 bits per heavy atom. The third-order valence-corrected chi connectivity index (χ3v) is 5.20. The molecule has 0 aliphatic heterocycles. The maximum atomic E-state index is 4.48. The molecule has 0 bridgehead atoms. The van der Waals surface area contributed by atoms with Crippen LogP contribution in [0.5, 0.6) is 0 Å². The minimum absolute atomic E-state index is 0.765. The Morgan fingerprint density at radius 1 is 0.542 bits per heavy atom. The van der Waals surface area contributed by atoms with E-state index in [0.717, 1.165) is 30.9 Å². The van der Waals surface area contributed by atoms with E-state index in [2.05, 4.69) is 20.2 Å². The Morgan fingerprint density at radius 3 is 1.38 bits per heavy atom. The zero-order valence-corrected chi connectivity index (χ0v) is 14.2. The van der Waals surface area contributed by atoms with Crippen molar-refractivity contribution in [2.24, 2.45) is 0 Å². The lowest BCUT2D eigenvalue weighted by atomic mass is 10.4. The van der Waals surface area contributed by atoms with Crippen LogP contribution in [0.3, 0.4) is 0 Å². The van der Waals surface area contributed by atoms with E-state index in [9.17, 15) is 0 Å². The van der Waals surface area contributed by atoms with E-state index in [-0.39, 0.29) is 0 Å². The molecule has 0 fully saturated rings. The van der Waals surface area contributed by atoms with E-state index >= 15 is 0 Å². The normalized spacial score (nSPS) is 10.8. The van der Waals surface area contributed by atoms with Gasteiger partial charge in [-0.15, -0.1) is 10.2 Å². The summed E-state index contributed by atoms with van der Waals surface area (Å²) in [5.74, 6) is 0. The van der Waals surface area contributed by atoms with Crippen LogP contribution in [-0.2, 0) is 0 Å². The molecule has 0 spiro atoms. The van der Waals surface area contributed by atoms with Gasteiger partial charge in [0.05, 0.1) is 0 Å². The van der Waals surface area contributed by atoms with Gasteiger partial charge in [0, 0.05) is 22.2 Å². The molecule has 0 aliphatic carbocycles. The van der Waals surface area contributed by atoms with Crippen LogP contribution in [0.1, 0.15) is 0 Å². The summed E-state index contributed by atoms with van der Waals surface area (Å²) in [4.78, 5) is 11.2. The first-order chi connectivity index (χ1) is 11.9. The fraction of sp³-hybridized carbons (Fsp3) is 0. The van der Waals surface area contributed by atoms with Crippen LogP contribution < -0.4 is 0 Å². The molecule has 0 aliphatic rings. The van der Waals surface area contributed by atoms with Crippen molar-refractivity contribution in [3.05, 3.63) is 73.1 Å². The molecule has 0 saturated carbocycles. The Bertz CT molecular complexity index is 882. The molecule has 0 amide bonds. The number of aromatic nitrogens is 4. The van der Waals surface area contributed by atoms with Gasteiger partial charge in [-0.05, 0) is 24.3 Å². The maximum Gasteiger partial charge on any atom is 0.152 e. The lowest BCUT2D eigenvalue weighted by Gasteiger charge is -2.07. The predicted octanol–water partition coefficient (Wildman–Crippen LogP) is 4.72. The summed E-state index contributed by atoms with van der Waals surface area (Å²) < 4.78 is 0. The summed E-state index contributed by atoms with van der Waals surface area (Å²) in [7, 11) is 0. The first kappa shape index (κ1) is 15.1. The zero-order chi connectivity index (χ0) is 16.2. The molecule has 0 saturated heterocycles. The summed E-state index contributed by atoms with van der Waals surface area (Å²) in [5.41, 5.74) is 1.56. The third kappa shape index (κ3) is 3.25. The van der Waals surface area contributed by atoms with Crippen molar-refractivity contribution in [3.63, 3.8) is 0 Å². The molecule has 0 unspecified atom stereocenters. The van der Waals surface area contributed by atoms with Gasteiger partial charge in [-0.3, -0.25) is 0 Å². The highest BCUT2D eigenvalue weighted by Gasteiger charge is 2.13. The van der Waals surface area contributed by atoms with Crippen molar-refractivity contribution < 1.29 is 0 Å². The second-order valence-electron chi connectivity index (χ2n) is 4.89. The molecule has 2 heterocycles. The van der Waals surface area contributed by atoms with Gasteiger partial charge in [0.25, 0.3) is 0 Å². The first-order valence-electron chi connectivity index (χ1n) is 7.33. The van der Waals surface area contributed by atoms with Crippen LogP contribution in [0.25, 0.3) is 11.0 Å². The molecule has 4 rings (SSSR count).